The molecule has 0 spiro atoms. The summed E-state index contributed by atoms with van der Waals surface area (Å²) in [5.41, 5.74) is 2.64. The Hall–Kier alpha value is -1.35. The first kappa shape index (κ1) is 10.2. The molecule has 1 aromatic heterocycles. The number of Topliss-reactive ketones (excluding diaryl/α,β-unsaturated/α-hetero) is 1. The molecule has 0 atom stereocenters. The van der Waals surface area contributed by atoms with Crippen molar-refractivity contribution >= 4 is 28.4 Å². The second kappa shape index (κ2) is 3.35. The Morgan fingerprint density at radius 3 is 2.73 bits per heavy atom. The van der Waals surface area contributed by atoms with E-state index in [4.69, 9.17) is 11.6 Å². The van der Waals surface area contributed by atoms with Gasteiger partial charge in [0.2, 0.25) is 0 Å². The molecule has 1 aromatic carbocycles. The van der Waals surface area contributed by atoms with E-state index in [9.17, 15) is 4.79 Å². The van der Waals surface area contributed by atoms with E-state index in [1.54, 1.807) is 4.57 Å². The zero-order valence-corrected chi connectivity index (χ0v) is 9.59. The largest absolute Gasteiger partial charge is 0.325 e. The number of aromatic nitrogens is 2. The zero-order valence-electron chi connectivity index (χ0n) is 8.84. The lowest BCUT2D eigenvalue weighted by Gasteiger charge is -1.99. The maximum atomic E-state index is 11.3. The van der Waals surface area contributed by atoms with Gasteiger partial charge in [-0.2, -0.15) is 0 Å². The summed E-state index contributed by atoms with van der Waals surface area (Å²) in [6, 6.07) is 3.82. The number of imidazole rings is 1. The molecule has 0 aliphatic heterocycles. The highest BCUT2D eigenvalue weighted by molar-refractivity contribution is 6.35. The Labute approximate surface area is 92.7 Å². The summed E-state index contributed by atoms with van der Waals surface area (Å²) in [6.07, 6.45) is 0. The second-order valence-electron chi connectivity index (χ2n) is 3.67. The number of fused-ring (bicyclic) bond motifs is 1. The Bertz CT molecular complexity index is 557. The quantitative estimate of drug-likeness (QED) is 0.696. The van der Waals surface area contributed by atoms with E-state index in [0.29, 0.717) is 16.4 Å². The highest BCUT2D eigenvalue weighted by atomic mass is 35.5. The molecule has 78 valence electrons. The van der Waals surface area contributed by atoms with Crippen LogP contribution in [0.1, 0.15) is 23.1 Å². The molecule has 2 rings (SSSR count). The molecule has 0 aliphatic rings. The van der Waals surface area contributed by atoms with Gasteiger partial charge in [0, 0.05) is 14.0 Å². The van der Waals surface area contributed by atoms with Crippen molar-refractivity contribution in [1.82, 2.24) is 9.55 Å². The Morgan fingerprint density at radius 1 is 1.47 bits per heavy atom. The predicted molar refractivity (Wildman–Crippen MR) is 60.5 cm³/mol. The molecule has 0 saturated heterocycles. The van der Waals surface area contributed by atoms with Crippen molar-refractivity contribution in [3.05, 3.63) is 28.5 Å². The van der Waals surface area contributed by atoms with Crippen molar-refractivity contribution in [2.45, 2.75) is 13.8 Å². The number of benzene rings is 1. The summed E-state index contributed by atoms with van der Waals surface area (Å²) < 4.78 is 1.77. The van der Waals surface area contributed by atoms with E-state index in [0.717, 1.165) is 11.1 Å². The van der Waals surface area contributed by atoms with Crippen LogP contribution < -0.4 is 0 Å². The molecular formula is C11H11ClN2O. The third-order valence-corrected chi connectivity index (χ3v) is 2.69. The van der Waals surface area contributed by atoms with E-state index in [1.165, 1.54) is 6.92 Å². The average molecular weight is 223 g/mol. The van der Waals surface area contributed by atoms with E-state index >= 15 is 0 Å². The molecule has 0 radical (unpaired) electrons. The Morgan fingerprint density at radius 2 is 2.13 bits per heavy atom. The van der Waals surface area contributed by atoms with Crippen molar-refractivity contribution < 1.29 is 4.79 Å². The van der Waals surface area contributed by atoms with Crippen molar-refractivity contribution in [2.75, 3.05) is 0 Å². The number of carbonyl (C=O) groups is 1. The number of hydrogen-bond acceptors (Lipinski definition) is 2. The van der Waals surface area contributed by atoms with Gasteiger partial charge < -0.3 is 4.57 Å². The van der Waals surface area contributed by atoms with Gasteiger partial charge in [0.05, 0.1) is 10.5 Å². The van der Waals surface area contributed by atoms with Crippen LogP contribution in [0.5, 0.6) is 0 Å². The fraction of sp³-hybridized carbons (Fsp3) is 0.273. The highest BCUT2D eigenvalue weighted by Gasteiger charge is 2.13. The fourth-order valence-electron chi connectivity index (χ4n) is 1.69. The number of ketones is 1. The molecule has 2 aromatic rings. The monoisotopic (exact) mass is 222 g/mol. The number of carbonyl (C=O) groups excluding carboxylic acids is 1. The molecule has 1 heterocycles. The fourth-order valence-corrected chi connectivity index (χ4v) is 2.00. The molecule has 0 bridgehead atoms. The standard InChI is InChI=1S/C11H11ClN2O/c1-6-4-8(12)10-9(5-6)14(3)11(13-10)7(2)15/h4-5H,1-3H3. The van der Waals surface area contributed by atoms with Crippen molar-refractivity contribution in [1.29, 1.82) is 0 Å². The Balaban J connectivity index is 2.88. The third-order valence-electron chi connectivity index (χ3n) is 2.40. The molecule has 0 amide bonds. The number of nitrogens with zero attached hydrogens (tertiary/aromatic N) is 2. The third kappa shape index (κ3) is 1.53. The predicted octanol–water partition coefficient (Wildman–Crippen LogP) is 2.74. The molecule has 15 heavy (non-hydrogen) atoms. The topological polar surface area (TPSA) is 34.9 Å². The highest BCUT2D eigenvalue weighted by Crippen LogP contribution is 2.25. The second-order valence-corrected chi connectivity index (χ2v) is 4.07. The maximum Gasteiger partial charge on any atom is 0.195 e. The minimum atomic E-state index is -0.0533. The number of aryl methyl sites for hydroxylation is 2. The summed E-state index contributed by atoms with van der Waals surface area (Å²) in [7, 11) is 1.82. The van der Waals surface area contributed by atoms with Crippen molar-refractivity contribution in [3.8, 4) is 0 Å². The van der Waals surface area contributed by atoms with Crippen LogP contribution in [0.15, 0.2) is 12.1 Å². The van der Waals surface area contributed by atoms with Gasteiger partial charge in [-0.3, -0.25) is 4.79 Å². The van der Waals surface area contributed by atoms with Gasteiger partial charge in [-0.1, -0.05) is 11.6 Å². The van der Waals surface area contributed by atoms with Crippen molar-refractivity contribution in [2.24, 2.45) is 7.05 Å². The summed E-state index contributed by atoms with van der Waals surface area (Å²) in [5, 5.41) is 0.591. The molecule has 0 saturated carbocycles. The SMILES string of the molecule is CC(=O)c1nc2c(Cl)cc(C)cc2n1C. The van der Waals surface area contributed by atoms with Crippen LogP contribution in [-0.4, -0.2) is 15.3 Å². The molecule has 0 unspecified atom stereocenters. The van der Waals surface area contributed by atoms with Crippen LogP contribution in [-0.2, 0) is 7.05 Å². The van der Waals surface area contributed by atoms with Gasteiger partial charge in [0.15, 0.2) is 11.6 Å². The minimum absolute atomic E-state index is 0.0533. The Kier molecular flexibility index (Phi) is 2.27. The zero-order chi connectivity index (χ0) is 11.2. The molecule has 0 fully saturated rings. The summed E-state index contributed by atoms with van der Waals surface area (Å²) in [4.78, 5) is 15.5. The molecule has 3 nitrogen and oxygen atoms in total. The first-order valence-electron chi connectivity index (χ1n) is 4.64. The summed E-state index contributed by atoms with van der Waals surface area (Å²) >= 11 is 6.07. The van der Waals surface area contributed by atoms with Crippen LogP contribution in [0.25, 0.3) is 11.0 Å². The first-order chi connectivity index (χ1) is 7.00. The minimum Gasteiger partial charge on any atom is -0.325 e. The molecule has 0 aliphatic carbocycles. The van der Waals surface area contributed by atoms with Crippen LogP contribution in [0.2, 0.25) is 5.02 Å². The van der Waals surface area contributed by atoms with E-state index < -0.39 is 0 Å². The van der Waals surface area contributed by atoms with Crippen LogP contribution in [0.3, 0.4) is 0 Å². The van der Waals surface area contributed by atoms with Gasteiger partial charge in [0.1, 0.15) is 5.52 Å². The van der Waals surface area contributed by atoms with E-state index in [2.05, 4.69) is 4.98 Å². The maximum absolute atomic E-state index is 11.3. The average Bonchev–Trinajstić information content (AvgIpc) is 2.44. The molecule has 4 heteroatoms. The van der Waals surface area contributed by atoms with Gasteiger partial charge in [-0.25, -0.2) is 4.98 Å². The first-order valence-corrected chi connectivity index (χ1v) is 5.02. The number of halogens is 1. The van der Waals surface area contributed by atoms with Gasteiger partial charge in [0.25, 0.3) is 0 Å². The van der Waals surface area contributed by atoms with Crippen LogP contribution in [0, 0.1) is 6.92 Å². The van der Waals surface area contributed by atoms with Gasteiger partial charge in [-0.15, -0.1) is 0 Å². The lowest BCUT2D eigenvalue weighted by molar-refractivity contribution is 0.100. The van der Waals surface area contributed by atoms with Crippen LogP contribution in [0.4, 0.5) is 0 Å². The lowest BCUT2D eigenvalue weighted by Crippen LogP contribution is -2.02. The summed E-state index contributed by atoms with van der Waals surface area (Å²) in [5.74, 6) is 0.389. The lowest BCUT2D eigenvalue weighted by atomic mass is 10.2. The number of rotatable bonds is 1. The van der Waals surface area contributed by atoms with E-state index in [-0.39, 0.29) is 5.78 Å². The van der Waals surface area contributed by atoms with Gasteiger partial charge in [-0.05, 0) is 24.6 Å². The summed E-state index contributed by atoms with van der Waals surface area (Å²) in [6.45, 7) is 3.47. The smallest absolute Gasteiger partial charge is 0.195 e. The molecular weight excluding hydrogens is 212 g/mol. The van der Waals surface area contributed by atoms with Crippen LogP contribution >= 0.6 is 11.6 Å². The van der Waals surface area contributed by atoms with Gasteiger partial charge >= 0.3 is 0 Å². The van der Waals surface area contributed by atoms with E-state index in [1.807, 2.05) is 26.1 Å². The van der Waals surface area contributed by atoms with Crippen molar-refractivity contribution in [3.63, 3.8) is 0 Å². The number of hydrogen-bond donors (Lipinski definition) is 0. The molecule has 0 N–H and O–H groups in total. The normalized spacial score (nSPS) is 10.9.